The van der Waals surface area contributed by atoms with E-state index >= 15 is 0 Å². The molecule has 0 aliphatic heterocycles. The first-order chi connectivity index (χ1) is 8.80. The number of aliphatic hydroxyl groups is 1. The molecule has 1 unspecified atom stereocenters. The molecule has 0 spiro atoms. The van der Waals surface area contributed by atoms with Gasteiger partial charge in [0.25, 0.3) is 0 Å². The van der Waals surface area contributed by atoms with Gasteiger partial charge in [0.05, 0.1) is 0 Å². The van der Waals surface area contributed by atoms with E-state index in [1.165, 1.54) is 0 Å². The lowest BCUT2D eigenvalue weighted by Crippen LogP contribution is -2.18. The third kappa shape index (κ3) is 5.53. The Morgan fingerprint density at radius 3 is 2.50 bits per heavy atom. The largest absolute Gasteiger partial charge is 0.496 e. The summed E-state index contributed by atoms with van der Waals surface area (Å²) in [5, 5.41) is 15.3. The molecule has 0 heterocycles. The summed E-state index contributed by atoms with van der Waals surface area (Å²) in [5.74, 6) is 1.76. The Bertz CT molecular complexity index is 290. The Balaban J connectivity index is 2.47. The highest BCUT2D eigenvalue weighted by molar-refractivity contribution is 5.22. The van der Waals surface area contributed by atoms with Crippen LogP contribution in [0.1, 0.15) is 6.42 Å². The van der Waals surface area contributed by atoms with Crippen molar-refractivity contribution in [2.75, 3.05) is 47.0 Å². The maximum atomic E-state index is 9.26. The van der Waals surface area contributed by atoms with Crippen LogP contribution in [0.15, 0.2) is 23.7 Å². The van der Waals surface area contributed by atoms with Crippen molar-refractivity contribution in [1.29, 1.82) is 0 Å². The van der Waals surface area contributed by atoms with E-state index in [0.29, 0.717) is 13.2 Å². The van der Waals surface area contributed by atoms with E-state index in [-0.39, 0.29) is 12.5 Å². The number of ether oxygens (including phenoxy) is 2. The predicted molar refractivity (Wildman–Crippen MR) is 71.1 cm³/mol. The molecule has 0 fully saturated rings. The number of hydrogen-bond acceptors (Lipinski definition) is 5. The fourth-order valence-electron chi connectivity index (χ4n) is 1.68. The number of nitrogens with one attached hydrogen (secondary N) is 2. The highest BCUT2D eigenvalue weighted by Crippen LogP contribution is 2.23. The number of rotatable bonds is 9. The minimum Gasteiger partial charge on any atom is -0.496 e. The van der Waals surface area contributed by atoms with Crippen molar-refractivity contribution >= 4 is 0 Å². The molecule has 0 saturated heterocycles. The van der Waals surface area contributed by atoms with E-state index in [2.05, 4.69) is 10.6 Å². The molecular weight excluding hydrogens is 232 g/mol. The zero-order valence-electron chi connectivity index (χ0n) is 11.2. The van der Waals surface area contributed by atoms with Gasteiger partial charge >= 0.3 is 0 Å². The molecule has 1 aliphatic rings. The van der Waals surface area contributed by atoms with E-state index in [4.69, 9.17) is 9.47 Å². The van der Waals surface area contributed by atoms with Gasteiger partial charge in [0.2, 0.25) is 0 Å². The van der Waals surface area contributed by atoms with Crippen LogP contribution in [0.5, 0.6) is 0 Å². The molecule has 3 N–H and O–H groups in total. The molecule has 5 heteroatoms. The van der Waals surface area contributed by atoms with E-state index < -0.39 is 0 Å². The van der Waals surface area contributed by atoms with Crippen molar-refractivity contribution in [2.24, 2.45) is 5.92 Å². The second-order valence-corrected chi connectivity index (χ2v) is 4.23. The Morgan fingerprint density at radius 1 is 1.22 bits per heavy atom. The number of hydrogen-bond donors (Lipinski definition) is 3. The quantitative estimate of drug-likeness (QED) is 0.516. The molecule has 1 rings (SSSR count). The Hall–Kier alpha value is -1.04. The fraction of sp³-hybridized carbons (Fsp3) is 0.692. The zero-order valence-corrected chi connectivity index (χ0v) is 11.2. The molecule has 0 saturated carbocycles. The van der Waals surface area contributed by atoms with Gasteiger partial charge in [-0.15, -0.1) is 0 Å². The van der Waals surface area contributed by atoms with E-state index in [1.54, 1.807) is 0 Å². The summed E-state index contributed by atoms with van der Waals surface area (Å²) in [4.78, 5) is 0. The maximum Gasteiger partial charge on any atom is 0.119 e. The predicted octanol–water partition coefficient (Wildman–Crippen LogP) is 0.238. The average molecular weight is 256 g/mol. The summed E-state index contributed by atoms with van der Waals surface area (Å²) in [5.41, 5.74) is 0. The van der Waals surface area contributed by atoms with Gasteiger partial charge in [-0.2, -0.15) is 0 Å². The van der Waals surface area contributed by atoms with Crippen LogP contribution in [0.2, 0.25) is 0 Å². The summed E-state index contributed by atoms with van der Waals surface area (Å²) >= 11 is 0. The van der Waals surface area contributed by atoms with Gasteiger partial charge in [0.1, 0.15) is 24.7 Å². The summed E-state index contributed by atoms with van der Waals surface area (Å²) < 4.78 is 11.3. The first kappa shape index (κ1) is 15.0. The third-order valence-corrected chi connectivity index (χ3v) is 2.66. The van der Waals surface area contributed by atoms with Gasteiger partial charge < -0.3 is 25.2 Å². The third-order valence-electron chi connectivity index (χ3n) is 2.66. The summed E-state index contributed by atoms with van der Waals surface area (Å²) in [6, 6.07) is 0. The Morgan fingerprint density at radius 2 is 1.89 bits per heavy atom. The van der Waals surface area contributed by atoms with Gasteiger partial charge in [0, 0.05) is 38.1 Å². The molecular formula is C13H24N2O3. The lowest BCUT2D eigenvalue weighted by molar-refractivity contribution is 0.163. The molecule has 1 aliphatic carbocycles. The molecule has 0 amide bonds. The average Bonchev–Trinajstić information content (AvgIpc) is 2.39. The summed E-state index contributed by atoms with van der Waals surface area (Å²) in [6.07, 6.45) is 4.61. The van der Waals surface area contributed by atoms with Gasteiger partial charge in [-0.1, -0.05) is 0 Å². The van der Waals surface area contributed by atoms with Gasteiger partial charge in [-0.25, -0.2) is 0 Å². The first-order valence-corrected chi connectivity index (χ1v) is 6.38. The topological polar surface area (TPSA) is 62.8 Å². The maximum absolute atomic E-state index is 9.26. The van der Waals surface area contributed by atoms with Crippen molar-refractivity contribution in [3.63, 3.8) is 0 Å². The first-order valence-electron chi connectivity index (χ1n) is 6.38. The SMILES string of the molecule is CNCCOC1=CC(CO)CC(OCCNC)=C1. The van der Waals surface area contributed by atoms with Crippen LogP contribution in [0.4, 0.5) is 0 Å². The monoisotopic (exact) mass is 256 g/mol. The Labute approximate surface area is 109 Å². The highest BCUT2D eigenvalue weighted by atomic mass is 16.5. The lowest BCUT2D eigenvalue weighted by atomic mass is 9.99. The zero-order chi connectivity index (χ0) is 13.2. The van der Waals surface area contributed by atoms with Crippen molar-refractivity contribution in [3.8, 4) is 0 Å². The minimum absolute atomic E-state index is 0.0872. The molecule has 0 bridgehead atoms. The van der Waals surface area contributed by atoms with Gasteiger partial charge in [0.15, 0.2) is 0 Å². The minimum atomic E-state index is 0.0872. The van der Waals surface area contributed by atoms with Crippen molar-refractivity contribution in [1.82, 2.24) is 10.6 Å². The highest BCUT2D eigenvalue weighted by Gasteiger charge is 2.16. The Kier molecular flexibility index (Phi) is 7.48. The second kappa shape index (κ2) is 8.97. The molecule has 1 atom stereocenters. The summed E-state index contributed by atoms with van der Waals surface area (Å²) in [6.45, 7) is 2.96. The van der Waals surface area contributed by atoms with Crippen molar-refractivity contribution in [3.05, 3.63) is 23.7 Å². The van der Waals surface area contributed by atoms with E-state index in [1.807, 2.05) is 26.2 Å². The number of allylic oxidation sites excluding steroid dienone is 2. The second-order valence-electron chi connectivity index (χ2n) is 4.23. The molecule has 5 nitrogen and oxygen atoms in total. The van der Waals surface area contributed by atoms with Gasteiger partial charge in [-0.05, 0) is 20.2 Å². The van der Waals surface area contributed by atoms with E-state index in [0.717, 1.165) is 31.0 Å². The molecule has 0 aromatic carbocycles. The standard InChI is InChI=1S/C13H24N2O3/c1-14-3-5-17-12-7-11(10-16)8-13(9-12)18-6-4-15-2/h7,9,11,14-16H,3-6,8,10H2,1-2H3. The number of likely N-dealkylation sites (N-methyl/N-ethyl adjacent to an activating group) is 2. The lowest BCUT2D eigenvalue weighted by Gasteiger charge is -2.21. The van der Waals surface area contributed by atoms with Crippen molar-refractivity contribution in [2.45, 2.75) is 6.42 Å². The van der Waals surface area contributed by atoms with Crippen LogP contribution in [-0.2, 0) is 9.47 Å². The van der Waals surface area contributed by atoms with Gasteiger partial charge in [-0.3, -0.25) is 0 Å². The molecule has 18 heavy (non-hydrogen) atoms. The molecule has 0 aromatic heterocycles. The van der Waals surface area contributed by atoms with Crippen molar-refractivity contribution < 1.29 is 14.6 Å². The molecule has 0 radical (unpaired) electrons. The summed E-state index contributed by atoms with van der Waals surface area (Å²) in [7, 11) is 3.78. The van der Waals surface area contributed by atoms with E-state index in [9.17, 15) is 5.11 Å². The van der Waals surface area contributed by atoms with Crippen LogP contribution in [0.25, 0.3) is 0 Å². The fourth-order valence-corrected chi connectivity index (χ4v) is 1.68. The van der Waals surface area contributed by atoms with Crippen LogP contribution in [0, 0.1) is 5.92 Å². The number of aliphatic hydroxyl groups excluding tert-OH is 1. The normalized spacial score (nSPS) is 19.2. The van der Waals surface area contributed by atoms with Crippen LogP contribution < -0.4 is 10.6 Å². The van der Waals surface area contributed by atoms with Crippen LogP contribution >= 0.6 is 0 Å². The van der Waals surface area contributed by atoms with Crippen LogP contribution in [0.3, 0.4) is 0 Å². The smallest absolute Gasteiger partial charge is 0.119 e. The molecule has 0 aromatic rings. The molecule has 104 valence electrons. The van der Waals surface area contributed by atoms with Crippen LogP contribution in [-0.4, -0.2) is 52.1 Å².